The SMILES string of the molecule is Cc1cc(N2CCCCc3ccccc32)nc(Cl)n1. The molecule has 3 nitrogen and oxygen atoms in total. The van der Waals surface area contributed by atoms with Gasteiger partial charge in [0.15, 0.2) is 0 Å². The zero-order valence-corrected chi connectivity index (χ0v) is 11.7. The minimum atomic E-state index is 0.316. The zero-order valence-electron chi connectivity index (χ0n) is 10.9. The molecule has 4 heteroatoms. The number of aryl methyl sites for hydroxylation is 2. The van der Waals surface area contributed by atoms with Crippen molar-refractivity contribution in [3.8, 4) is 0 Å². The number of hydrogen-bond donors (Lipinski definition) is 0. The van der Waals surface area contributed by atoms with Crippen LogP contribution in [0.1, 0.15) is 24.1 Å². The van der Waals surface area contributed by atoms with Crippen molar-refractivity contribution in [1.82, 2.24) is 9.97 Å². The summed E-state index contributed by atoms with van der Waals surface area (Å²) in [4.78, 5) is 10.8. The number of fused-ring (bicyclic) bond motifs is 1. The van der Waals surface area contributed by atoms with Gasteiger partial charge in [0.05, 0.1) is 0 Å². The molecule has 2 aromatic rings. The fraction of sp³-hybridized carbons (Fsp3) is 0.333. The number of nitrogens with zero attached hydrogens (tertiary/aromatic N) is 3. The number of benzene rings is 1. The van der Waals surface area contributed by atoms with Crippen LogP contribution >= 0.6 is 11.6 Å². The first-order valence-corrected chi connectivity index (χ1v) is 6.98. The maximum Gasteiger partial charge on any atom is 0.224 e. The van der Waals surface area contributed by atoms with Crippen LogP contribution in [0.25, 0.3) is 0 Å². The molecular weight excluding hydrogens is 258 g/mol. The summed E-state index contributed by atoms with van der Waals surface area (Å²) >= 11 is 5.99. The summed E-state index contributed by atoms with van der Waals surface area (Å²) in [5.41, 5.74) is 3.53. The first kappa shape index (κ1) is 12.4. The summed E-state index contributed by atoms with van der Waals surface area (Å²) in [7, 11) is 0. The van der Waals surface area contributed by atoms with Crippen LogP contribution in [0.2, 0.25) is 5.28 Å². The second-order valence-corrected chi connectivity index (χ2v) is 5.21. The molecule has 1 aliphatic rings. The van der Waals surface area contributed by atoms with E-state index in [2.05, 4.69) is 39.1 Å². The summed E-state index contributed by atoms with van der Waals surface area (Å²) in [6.45, 7) is 2.92. The van der Waals surface area contributed by atoms with E-state index in [0.717, 1.165) is 30.9 Å². The maximum absolute atomic E-state index is 5.99. The molecule has 0 fully saturated rings. The summed E-state index contributed by atoms with van der Waals surface area (Å²) < 4.78 is 0. The van der Waals surface area contributed by atoms with E-state index >= 15 is 0 Å². The lowest BCUT2D eigenvalue weighted by Crippen LogP contribution is -2.19. The van der Waals surface area contributed by atoms with Crippen molar-refractivity contribution in [3.05, 3.63) is 46.9 Å². The summed E-state index contributed by atoms with van der Waals surface area (Å²) in [6, 6.07) is 10.5. The van der Waals surface area contributed by atoms with Gasteiger partial charge in [-0.2, -0.15) is 0 Å². The lowest BCUT2D eigenvalue weighted by molar-refractivity contribution is 0.757. The highest BCUT2D eigenvalue weighted by atomic mass is 35.5. The van der Waals surface area contributed by atoms with E-state index in [-0.39, 0.29) is 0 Å². The molecule has 0 aliphatic carbocycles. The highest BCUT2D eigenvalue weighted by molar-refractivity contribution is 6.28. The monoisotopic (exact) mass is 273 g/mol. The third kappa shape index (κ3) is 2.56. The Labute approximate surface area is 118 Å². The summed E-state index contributed by atoms with van der Waals surface area (Å²) in [6.07, 6.45) is 3.51. The van der Waals surface area contributed by atoms with Crippen LogP contribution < -0.4 is 4.90 Å². The van der Waals surface area contributed by atoms with Gasteiger partial charge in [-0.15, -0.1) is 0 Å². The second kappa shape index (κ2) is 5.17. The van der Waals surface area contributed by atoms with Crippen molar-refractivity contribution in [2.45, 2.75) is 26.2 Å². The van der Waals surface area contributed by atoms with Crippen molar-refractivity contribution in [2.75, 3.05) is 11.4 Å². The average Bonchev–Trinajstić information content (AvgIpc) is 2.59. The van der Waals surface area contributed by atoms with Gasteiger partial charge in [-0.25, -0.2) is 9.97 Å². The number of hydrogen-bond acceptors (Lipinski definition) is 3. The molecule has 1 aliphatic heterocycles. The summed E-state index contributed by atoms with van der Waals surface area (Å²) in [5, 5.41) is 0.316. The van der Waals surface area contributed by atoms with Crippen LogP contribution in [0.15, 0.2) is 30.3 Å². The van der Waals surface area contributed by atoms with Crippen LogP contribution in [0, 0.1) is 6.92 Å². The van der Waals surface area contributed by atoms with Crippen molar-refractivity contribution in [3.63, 3.8) is 0 Å². The van der Waals surface area contributed by atoms with Crippen LogP contribution in [-0.4, -0.2) is 16.5 Å². The van der Waals surface area contributed by atoms with Crippen LogP contribution in [-0.2, 0) is 6.42 Å². The third-order valence-electron chi connectivity index (χ3n) is 3.45. The molecule has 0 bridgehead atoms. The molecule has 0 spiro atoms. The van der Waals surface area contributed by atoms with Crippen LogP contribution in [0.3, 0.4) is 0 Å². The fourth-order valence-corrected chi connectivity index (χ4v) is 2.80. The maximum atomic E-state index is 5.99. The Morgan fingerprint density at radius 2 is 2.00 bits per heavy atom. The van der Waals surface area contributed by atoms with Gasteiger partial charge in [0.2, 0.25) is 5.28 Å². The van der Waals surface area contributed by atoms with Crippen molar-refractivity contribution in [1.29, 1.82) is 0 Å². The minimum absolute atomic E-state index is 0.316. The van der Waals surface area contributed by atoms with Gasteiger partial charge < -0.3 is 4.90 Å². The number of anilines is 2. The second-order valence-electron chi connectivity index (χ2n) is 4.87. The standard InChI is InChI=1S/C15H16ClN3/c1-11-10-14(18-15(16)17-11)19-9-5-4-7-12-6-2-3-8-13(12)19/h2-3,6,8,10H,4-5,7,9H2,1H3. The van der Waals surface area contributed by atoms with E-state index in [9.17, 15) is 0 Å². The molecular formula is C15H16ClN3. The molecule has 1 aromatic heterocycles. The van der Waals surface area contributed by atoms with Gasteiger partial charge in [0.1, 0.15) is 5.82 Å². The molecule has 0 unspecified atom stereocenters. The molecule has 0 saturated heterocycles. The average molecular weight is 274 g/mol. The Kier molecular flexibility index (Phi) is 3.38. The molecule has 0 atom stereocenters. The van der Waals surface area contributed by atoms with Gasteiger partial charge in [0.25, 0.3) is 0 Å². The quantitative estimate of drug-likeness (QED) is 0.738. The molecule has 98 valence electrons. The Bertz CT molecular complexity index is 577. The summed E-state index contributed by atoms with van der Waals surface area (Å²) in [5.74, 6) is 0.895. The van der Waals surface area contributed by atoms with Crippen LogP contribution in [0.5, 0.6) is 0 Å². The largest absolute Gasteiger partial charge is 0.326 e. The van der Waals surface area contributed by atoms with E-state index in [4.69, 9.17) is 11.6 Å². The molecule has 0 radical (unpaired) electrons. The molecule has 0 saturated carbocycles. The Balaban J connectivity index is 2.09. The molecule has 1 aromatic carbocycles. The van der Waals surface area contributed by atoms with E-state index in [1.807, 2.05) is 13.0 Å². The smallest absolute Gasteiger partial charge is 0.224 e. The van der Waals surface area contributed by atoms with Gasteiger partial charge in [-0.1, -0.05) is 18.2 Å². The minimum Gasteiger partial charge on any atom is -0.326 e. The number of para-hydroxylation sites is 1. The van der Waals surface area contributed by atoms with Gasteiger partial charge in [-0.3, -0.25) is 0 Å². The highest BCUT2D eigenvalue weighted by Crippen LogP contribution is 2.31. The molecule has 0 N–H and O–H groups in total. The number of aromatic nitrogens is 2. The number of rotatable bonds is 1. The molecule has 19 heavy (non-hydrogen) atoms. The molecule has 0 amide bonds. The fourth-order valence-electron chi connectivity index (χ4n) is 2.58. The molecule has 2 heterocycles. The highest BCUT2D eigenvalue weighted by Gasteiger charge is 2.18. The third-order valence-corrected chi connectivity index (χ3v) is 3.62. The van der Waals surface area contributed by atoms with Crippen molar-refractivity contribution >= 4 is 23.1 Å². The number of halogens is 1. The zero-order chi connectivity index (χ0) is 13.2. The predicted octanol–water partition coefficient (Wildman–Crippen LogP) is 3.91. The first-order valence-electron chi connectivity index (χ1n) is 6.61. The van der Waals surface area contributed by atoms with E-state index in [0.29, 0.717) is 5.28 Å². The Morgan fingerprint density at radius 3 is 2.84 bits per heavy atom. The Hall–Kier alpha value is -1.61. The van der Waals surface area contributed by atoms with E-state index < -0.39 is 0 Å². The van der Waals surface area contributed by atoms with Gasteiger partial charge in [-0.05, 0) is 49.4 Å². The van der Waals surface area contributed by atoms with Gasteiger partial charge >= 0.3 is 0 Å². The van der Waals surface area contributed by atoms with Crippen LogP contribution in [0.4, 0.5) is 11.5 Å². The van der Waals surface area contributed by atoms with Gasteiger partial charge in [0, 0.05) is 24.0 Å². The van der Waals surface area contributed by atoms with E-state index in [1.54, 1.807) is 0 Å². The van der Waals surface area contributed by atoms with Crippen molar-refractivity contribution < 1.29 is 0 Å². The predicted molar refractivity (Wildman–Crippen MR) is 78.2 cm³/mol. The first-order chi connectivity index (χ1) is 9.24. The van der Waals surface area contributed by atoms with E-state index in [1.165, 1.54) is 17.7 Å². The normalized spacial score (nSPS) is 14.9. The molecule has 3 rings (SSSR count). The lowest BCUT2D eigenvalue weighted by atomic mass is 10.1. The van der Waals surface area contributed by atoms with Crippen molar-refractivity contribution in [2.24, 2.45) is 0 Å². The topological polar surface area (TPSA) is 29.0 Å². The lowest BCUT2D eigenvalue weighted by Gasteiger charge is -2.24. The Morgan fingerprint density at radius 1 is 1.16 bits per heavy atom.